The molecule has 3 aromatic heterocycles. The third-order valence-electron chi connectivity index (χ3n) is 7.55. The topological polar surface area (TPSA) is 77.5 Å². The second-order valence-corrected chi connectivity index (χ2v) is 10.2. The number of nitrogens with zero attached hydrogens (tertiary/aromatic N) is 5. The summed E-state index contributed by atoms with van der Waals surface area (Å²) in [7, 11) is 0. The zero-order valence-electron chi connectivity index (χ0n) is 18.2. The molecule has 0 aromatic carbocycles. The Balaban J connectivity index is 1.40. The van der Waals surface area contributed by atoms with Crippen LogP contribution < -0.4 is 0 Å². The molecule has 1 aliphatic heterocycles. The van der Waals surface area contributed by atoms with Crippen molar-refractivity contribution >= 4 is 5.52 Å². The van der Waals surface area contributed by atoms with Gasteiger partial charge < -0.3 is 9.84 Å². The van der Waals surface area contributed by atoms with Gasteiger partial charge in [0.2, 0.25) is 0 Å². The van der Waals surface area contributed by atoms with Gasteiger partial charge in [-0.25, -0.2) is 9.50 Å². The van der Waals surface area contributed by atoms with Crippen molar-refractivity contribution in [2.75, 3.05) is 13.2 Å². The molecule has 6 rings (SSSR count). The van der Waals surface area contributed by atoms with Gasteiger partial charge in [0, 0.05) is 40.8 Å². The van der Waals surface area contributed by atoms with Crippen LogP contribution >= 0.6 is 0 Å². The van der Waals surface area contributed by atoms with Crippen LogP contribution in [-0.2, 0) is 11.2 Å². The van der Waals surface area contributed by atoms with Crippen molar-refractivity contribution in [1.82, 2.24) is 24.4 Å². The van der Waals surface area contributed by atoms with Gasteiger partial charge in [0.15, 0.2) is 0 Å². The van der Waals surface area contributed by atoms with Gasteiger partial charge in [-0.05, 0) is 51.0 Å². The molecule has 3 aliphatic rings. The van der Waals surface area contributed by atoms with Gasteiger partial charge in [-0.1, -0.05) is 6.92 Å². The van der Waals surface area contributed by atoms with Crippen LogP contribution in [0.5, 0.6) is 0 Å². The highest BCUT2D eigenvalue weighted by Gasteiger charge is 2.35. The quantitative estimate of drug-likeness (QED) is 0.676. The van der Waals surface area contributed by atoms with Gasteiger partial charge in [-0.3, -0.25) is 4.68 Å². The smallest absolute Gasteiger partial charge is 0.149 e. The Bertz CT molecular complexity index is 1090. The molecule has 0 spiro atoms. The van der Waals surface area contributed by atoms with Gasteiger partial charge in [-0.15, -0.1) is 0 Å². The van der Waals surface area contributed by atoms with Crippen LogP contribution in [-0.4, -0.2) is 48.8 Å². The normalized spacial score (nSPS) is 26.0. The first-order valence-electron chi connectivity index (χ1n) is 11.8. The Hall–Kier alpha value is -2.25. The lowest BCUT2D eigenvalue weighted by Gasteiger charge is -2.37. The summed E-state index contributed by atoms with van der Waals surface area (Å²) >= 11 is 0. The summed E-state index contributed by atoms with van der Waals surface area (Å²) in [5.41, 5.74) is 4.74. The van der Waals surface area contributed by atoms with E-state index in [1.165, 1.54) is 25.0 Å². The highest BCUT2D eigenvalue weighted by Crippen LogP contribution is 2.39. The van der Waals surface area contributed by atoms with E-state index in [0.717, 1.165) is 67.8 Å². The van der Waals surface area contributed by atoms with Gasteiger partial charge in [0.1, 0.15) is 5.82 Å². The Morgan fingerprint density at radius 2 is 1.94 bits per heavy atom. The van der Waals surface area contributed by atoms with E-state index in [2.05, 4.69) is 33.5 Å². The molecule has 3 aromatic rings. The minimum atomic E-state index is -0.161. The van der Waals surface area contributed by atoms with Gasteiger partial charge in [0.05, 0.1) is 43.3 Å². The minimum absolute atomic E-state index is 0.142. The predicted molar refractivity (Wildman–Crippen MR) is 117 cm³/mol. The number of hydrogen-bond donors (Lipinski definition) is 1. The van der Waals surface area contributed by atoms with Crippen molar-refractivity contribution in [3.8, 4) is 11.1 Å². The lowest BCUT2D eigenvalue weighted by Crippen LogP contribution is -2.42. The fourth-order valence-corrected chi connectivity index (χ4v) is 5.29. The Labute approximate surface area is 182 Å². The fraction of sp³-hybridized carbons (Fsp3) is 0.625. The maximum absolute atomic E-state index is 10.0. The number of fused-ring (bicyclic) bond motifs is 1. The molecule has 0 bridgehead atoms. The number of aliphatic hydroxyl groups excluding tert-OH is 1. The summed E-state index contributed by atoms with van der Waals surface area (Å²) in [6, 6.07) is 2.85. The Morgan fingerprint density at radius 3 is 2.61 bits per heavy atom. The number of rotatable bonds is 5. The second-order valence-electron chi connectivity index (χ2n) is 10.2. The second kappa shape index (κ2) is 7.41. The molecule has 0 unspecified atom stereocenters. The van der Waals surface area contributed by atoms with E-state index in [0.29, 0.717) is 12.0 Å². The standard InChI is InChI=1S/C24H31N5O2/c1-24(14-31-15-24)10-23-25-12-22-20(17-11-26-28(13-17)18-3-2-4-18)9-21(29(22)27-23)16-5-7-19(30)8-6-16/h9,11-13,16,18-19,30H,2-8,10,14-15H2,1H3. The number of aliphatic hydroxyl groups is 1. The monoisotopic (exact) mass is 421 g/mol. The first-order chi connectivity index (χ1) is 15.1. The van der Waals surface area contributed by atoms with Crippen molar-refractivity contribution in [3.63, 3.8) is 0 Å². The summed E-state index contributed by atoms with van der Waals surface area (Å²) < 4.78 is 9.69. The zero-order valence-corrected chi connectivity index (χ0v) is 18.2. The molecule has 164 valence electrons. The average molecular weight is 422 g/mol. The molecule has 4 heterocycles. The van der Waals surface area contributed by atoms with Gasteiger partial charge in [-0.2, -0.15) is 10.2 Å². The minimum Gasteiger partial charge on any atom is -0.393 e. The van der Waals surface area contributed by atoms with E-state index in [4.69, 9.17) is 14.8 Å². The van der Waals surface area contributed by atoms with Crippen molar-refractivity contribution in [2.24, 2.45) is 5.41 Å². The van der Waals surface area contributed by atoms with Crippen molar-refractivity contribution in [3.05, 3.63) is 36.2 Å². The van der Waals surface area contributed by atoms with Gasteiger partial charge >= 0.3 is 0 Å². The molecule has 1 saturated heterocycles. The zero-order chi connectivity index (χ0) is 21.0. The summed E-state index contributed by atoms with van der Waals surface area (Å²) in [5.74, 6) is 1.29. The molecule has 1 N–H and O–H groups in total. The third kappa shape index (κ3) is 3.48. The van der Waals surface area contributed by atoms with Crippen LogP contribution in [0, 0.1) is 5.41 Å². The van der Waals surface area contributed by atoms with E-state index >= 15 is 0 Å². The average Bonchev–Trinajstić information content (AvgIpc) is 3.31. The summed E-state index contributed by atoms with van der Waals surface area (Å²) in [6.07, 6.45) is 14.3. The lowest BCUT2D eigenvalue weighted by atomic mass is 9.85. The summed E-state index contributed by atoms with van der Waals surface area (Å²) in [6.45, 7) is 3.79. The number of hydrogen-bond acceptors (Lipinski definition) is 5. The lowest BCUT2D eigenvalue weighted by molar-refractivity contribution is -0.101. The van der Waals surface area contributed by atoms with E-state index in [1.807, 2.05) is 12.4 Å². The van der Waals surface area contributed by atoms with Crippen LogP contribution in [0.2, 0.25) is 0 Å². The molecule has 7 heteroatoms. The Morgan fingerprint density at radius 1 is 1.13 bits per heavy atom. The maximum atomic E-state index is 10.0. The number of aromatic nitrogens is 5. The van der Waals surface area contributed by atoms with E-state index in [-0.39, 0.29) is 11.5 Å². The van der Waals surface area contributed by atoms with Crippen LogP contribution in [0.3, 0.4) is 0 Å². The molecule has 0 radical (unpaired) electrons. The van der Waals surface area contributed by atoms with Crippen molar-refractivity contribution in [2.45, 2.75) is 76.4 Å². The summed E-state index contributed by atoms with van der Waals surface area (Å²) in [4.78, 5) is 4.75. The van der Waals surface area contributed by atoms with Crippen LogP contribution in [0.1, 0.15) is 75.3 Å². The highest BCUT2D eigenvalue weighted by atomic mass is 16.5. The third-order valence-corrected chi connectivity index (χ3v) is 7.55. The van der Waals surface area contributed by atoms with Crippen LogP contribution in [0.25, 0.3) is 16.6 Å². The van der Waals surface area contributed by atoms with E-state index < -0.39 is 0 Å². The Kier molecular flexibility index (Phi) is 4.65. The molecule has 0 amide bonds. The fourth-order valence-electron chi connectivity index (χ4n) is 5.29. The van der Waals surface area contributed by atoms with Gasteiger partial charge in [0.25, 0.3) is 0 Å². The largest absolute Gasteiger partial charge is 0.393 e. The first kappa shape index (κ1) is 19.4. The van der Waals surface area contributed by atoms with Crippen LogP contribution in [0.15, 0.2) is 24.7 Å². The highest BCUT2D eigenvalue weighted by molar-refractivity contribution is 5.80. The SMILES string of the molecule is CC1(Cc2ncc3c(-c4cnn(C5CCC5)c4)cc(C4CCC(O)CC4)n3n2)COC1. The molecular weight excluding hydrogens is 390 g/mol. The molecule has 3 fully saturated rings. The molecular formula is C24H31N5O2. The first-order valence-corrected chi connectivity index (χ1v) is 11.8. The predicted octanol–water partition coefficient (Wildman–Crippen LogP) is 3.92. The maximum Gasteiger partial charge on any atom is 0.149 e. The molecule has 31 heavy (non-hydrogen) atoms. The number of ether oxygens (including phenoxy) is 1. The van der Waals surface area contributed by atoms with E-state index in [9.17, 15) is 5.11 Å². The molecule has 0 atom stereocenters. The summed E-state index contributed by atoms with van der Waals surface area (Å²) in [5, 5.41) is 19.7. The molecule has 2 aliphatic carbocycles. The molecule has 2 saturated carbocycles. The van der Waals surface area contributed by atoms with Crippen molar-refractivity contribution < 1.29 is 9.84 Å². The van der Waals surface area contributed by atoms with Crippen molar-refractivity contribution in [1.29, 1.82) is 0 Å². The van der Waals surface area contributed by atoms with Crippen LogP contribution in [0.4, 0.5) is 0 Å². The molecule has 7 nitrogen and oxygen atoms in total. The van der Waals surface area contributed by atoms with E-state index in [1.54, 1.807) is 0 Å².